The minimum absolute atomic E-state index is 0.642. The molecule has 1 heterocycles. The molecule has 1 aromatic carbocycles. The number of hydrogen-bond donors (Lipinski definition) is 0. The van der Waals surface area contributed by atoms with Crippen molar-refractivity contribution in [3.05, 3.63) is 51.7 Å². The van der Waals surface area contributed by atoms with E-state index in [0.29, 0.717) is 11.5 Å². The van der Waals surface area contributed by atoms with Crippen LogP contribution in [0.4, 0.5) is 0 Å². The molecule has 0 radical (unpaired) electrons. The molecule has 0 saturated heterocycles. The zero-order valence-electron chi connectivity index (χ0n) is 10.1. The van der Waals surface area contributed by atoms with Crippen molar-refractivity contribution in [3.63, 3.8) is 0 Å². The second-order valence-corrected chi connectivity index (χ2v) is 5.17. The summed E-state index contributed by atoms with van der Waals surface area (Å²) in [5.74, 6) is 2.10. The first-order chi connectivity index (χ1) is 8.72. The van der Waals surface area contributed by atoms with Crippen LogP contribution in [0.15, 0.2) is 41.9 Å². The van der Waals surface area contributed by atoms with E-state index in [1.54, 1.807) is 18.4 Å². The van der Waals surface area contributed by atoms with Gasteiger partial charge in [-0.3, -0.25) is 0 Å². The SMILES string of the molecule is COc1cccc(OC(=CCl)c2ccc(C)s2)c1. The van der Waals surface area contributed by atoms with Crippen molar-refractivity contribution in [2.45, 2.75) is 6.92 Å². The highest BCUT2D eigenvalue weighted by Crippen LogP contribution is 2.28. The number of rotatable bonds is 4. The zero-order chi connectivity index (χ0) is 13.0. The molecule has 0 bridgehead atoms. The third-order valence-electron chi connectivity index (χ3n) is 2.35. The van der Waals surface area contributed by atoms with Crippen LogP contribution in [-0.2, 0) is 0 Å². The number of methoxy groups -OCH3 is 1. The first kappa shape index (κ1) is 13.0. The Morgan fingerprint density at radius 3 is 2.61 bits per heavy atom. The molecule has 18 heavy (non-hydrogen) atoms. The van der Waals surface area contributed by atoms with Gasteiger partial charge in [0.05, 0.1) is 12.0 Å². The van der Waals surface area contributed by atoms with E-state index in [2.05, 4.69) is 0 Å². The topological polar surface area (TPSA) is 18.5 Å². The maximum Gasteiger partial charge on any atom is 0.155 e. The fourth-order valence-corrected chi connectivity index (χ4v) is 2.53. The molecule has 4 heteroatoms. The summed E-state index contributed by atoms with van der Waals surface area (Å²) in [6.07, 6.45) is 0. The number of thiophene rings is 1. The second kappa shape index (κ2) is 5.94. The van der Waals surface area contributed by atoms with E-state index in [4.69, 9.17) is 21.1 Å². The number of benzene rings is 1. The predicted octanol–water partition coefficient (Wildman–Crippen LogP) is 4.68. The summed E-state index contributed by atoms with van der Waals surface area (Å²) in [5, 5.41) is 0. The van der Waals surface area contributed by atoms with Crippen molar-refractivity contribution in [3.8, 4) is 11.5 Å². The normalized spacial score (nSPS) is 11.4. The first-order valence-electron chi connectivity index (χ1n) is 5.42. The van der Waals surface area contributed by atoms with Crippen LogP contribution in [0.25, 0.3) is 5.76 Å². The van der Waals surface area contributed by atoms with Gasteiger partial charge in [-0.15, -0.1) is 11.3 Å². The molecular formula is C14H13ClO2S. The van der Waals surface area contributed by atoms with E-state index in [1.807, 2.05) is 43.3 Å². The third kappa shape index (κ3) is 3.06. The van der Waals surface area contributed by atoms with Gasteiger partial charge in [-0.2, -0.15) is 0 Å². The molecule has 0 spiro atoms. The Morgan fingerprint density at radius 2 is 2.00 bits per heavy atom. The van der Waals surface area contributed by atoms with Gasteiger partial charge in [-0.1, -0.05) is 17.7 Å². The van der Waals surface area contributed by atoms with Gasteiger partial charge in [0.25, 0.3) is 0 Å². The minimum atomic E-state index is 0.642. The van der Waals surface area contributed by atoms with Crippen LogP contribution >= 0.6 is 22.9 Å². The summed E-state index contributed by atoms with van der Waals surface area (Å²) in [6, 6.07) is 11.5. The fourth-order valence-electron chi connectivity index (χ4n) is 1.48. The summed E-state index contributed by atoms with van der Waals surface area (Å²) >= 11 is 7.46. The van der Waals surface area contributed by atoms with E-state index in [0.717, 1.165) is 10.6 Å². The van der Waals surface area contributed by atoms with Gasteiger partial charge in [-0.05, 0) is 31.2 Å². The highest BCUT2D eigenvalue weighted by Gasteiger charge is 2.07. The smallest absolute Gasteiger partial charge is 0.155 e. The van der Waals surface area contributed by atoms with Crippen molar-refractivity contribution < 1.29 is 9.47 Å². The van der Waals surface area contributed by atoms with Gasteiger partial charge in [0.2, 0.25) is 0 Å². The molecule has 1 aromatic heterocycles. The summed E-state index contributed by atoms with van der Waals surface area (Å²) in [6.45, 7) is 2.05. The Balaban J connectivity index is 2.20. The largest absolute Gasteiger partial charge is 0.497 e. The molecule has 0 amide bonds. The molecule has 94 valence electrons. The van der Waals surface area contributed by atoms with E-state index in [9.17, 15) is 0 Å². The lowest BCUT2D eigenvalue weighted by Gasteiger charge is -2.08. The lowest BCUT2D eigenvalue weighted by atomic mass is 10.3. The summed E-state index contributed by atoms with van der Waals surface area (Å²) in [5.41, 5.74) is 1.45. The predicted molar refractivity (Wildman–Crippen MR) is 76.5 cm³/mol. The van der Waals surface area contributed by atoms with Gasteiger partial charge in [-0.25, -0.2) is 0 Å². The molecule has 0 atom stereocenters. The van der Waals surface area contributed by atoms with E-state index < -0.39 is 0 Å². The van der Waals surface area contributed by atoms with Gasteiger partial charge in [0.1, 0.15) is 11.5 Å². The standard InChI is InChI=1S/C14H13ClO2S/c1-10-6-7-14(18-10)13(9-15)17-12-5-3-4-11(8-12)16-2/h3-9H,1-2H3. The average Bonchev–Trinajstić information content (AvgIpc) is 2.82. The molecule has 0 saturated carbocycles. The summed E-state index contributed by atoms with van der Waals surface area (Å²) in [7, 11) is 1.63. The summed E-state index contributed by atoms with van der Waals surface area (Å²) in [4.78, 5) is 2.22. The Morgan fingerprint density at radius 1 is 1.22 bits per heavy atom. The maximum absolute atomic E-state index is 5.82. The monoisotopic (exact) mass is 280 g/mol. The maximum atomic E-state index is 5.82. The van der Waals surface area contributed by atoms with E-state index in [-0.39, 0.29) is 0 Å². The lowest BCUT2D eigenvalue weighted by Crippen LogP contribution is -1.92. The second-order valence-electron chi connectivity index (χ2n) is 3.66. The van der Waals surface area contributed by atoms with Crippen molar-refractivity contribution in [1.82, 2.24) is 0 Å². The van der Waals surface area contributed by atoms with E-state index >= 15 is 0 Å². The van der Waals surface area contributed by atoms with Gasteiger partial charge in [0.15, 0.2) is 5.76 Å². The Bertz CT molecular complexity index is 560. The molecule has 0 aliphatic rings. The molecule has 2 rings (SSSR count). The Hall–Kier alpha value is -1.45. The number of aryl methyl sites for hydroxylation is 1. The quantitative estimate of drug-likeness (QED) is 0.757. The van der Waals surface area contributed by atoms with Crippen molar-refractivity contribution in [1.29, 1.82) is 0 Å². The minimum Gasteiger partial charge on any atom is -0.497 e. The number of hydrogen-bond acceptors (Lipinski definition) is 3. The highest BCUT2D eigenvalue weighted by atomic mass is 35.5. The lowest BCUT2D eigenvalue weighted by molar-refractivity contribution is 0.411. The zero-order valence-corrected chi connectivity index (χ0v) is 11.7. The first-order valence-corrected chi connectivity index (χ1v) is 6.67. The number of halogens is 1. The van der Waals surface area contributed by atoms with Crippen LogP contribution in [-0.4, -0.2) is 7.11 Å². The van der Waals surface area contributed by atoms with Crippen molar-refractivity contribution in [2.24, 2.45) is 0 Å². The van der Waals surface area contributed by atoms with Crippen LogP contribution in [0.1, 0.15) is 9.75 Å². The van der Waals surface area contributed by atoms with Crippen LogP contribution in [0.5, 0.6) is 11.5 Å². The van der Waals surface area contributed by atoms with Crippen LogP contribution in [0, 0.1) is 6.92 Å². The molecule has 0 N–H and O–H groups in total. The van der Waals surface area contributed by atoms with E-state index in [1.165, 1.54) is 10.4 Å². The van der Waals surface area contributed by atoms with Crippen LogP contribution < -0.4 is 9.47 Å². The molecule has 0 aliphatic carbocycles. The van der Waals surface area contributed by atoms with Gasteiger partial charge < -0.3 is 9.47 Å². The average molecular weight is 281 g/mol. The Labute approximate surface area is 115 Å². The van der Waals surface area contributed by atoms with Gasteiger partial charge >= 0.3 is 0 Å². The van der Waals surface area contributed by atoms with Gasteiger partial charge in [0, 0.05) is 16.5 Å². The van der Waals surface area contributed by atoms with Crippen molar-refractivity contribution >= 4 is 28.7 Å². The molecule has 0 unspecified atom stereocenters. The molecule has 2 aromatic rings. The number of ether oxygens (including phenoxy) is 2. The van der Waals surface area contributed by atoms with Crippen molar-refractivity contribution in [2.75, 3.05) is 7.11 Å². The Kier molecular flexibility index (Phi) is 4.28. The third-order valence-corrected chi connectivity index (χ3v) is 3.56. The molecule has 0 aliphatic heterocycles. The van der Waals surface area contributed by atoms with Crippen LogP contribution in [0.2, 0.25) is 0 Å². The molecule has 0 fully saturated rings. The van der Waals surface area contributed by atoms with Crippen LogP contribution in [0.3, 0.4) is 0 Å². The molecule has 2 nitrogen and oxygen atoms in total. The fraction of sp³-hybridized carbons (Fsp3) is 0.143. The summed E-state index contributed by atoms with van der Waals surface area (Å²) < 4.78 is 10.9. The highest BCUT2D eigenvalue weighted by molar-refractivity contribution is 7.13. The molecular weight excluding hydrogens is 268 g/mol.